The molecule has 0 bridgehead atoms. The molecule has 1 heterocycles. The minimum Gasteiger partial charge on any atom is -0.229 e. The molecule has 1 aliphatic heterocycles. The number of rotatable bonds is 5. The van der Waals surface area contributed by atoms with Crippen molar-refractivity contribution in [3.05, 3.63) is 30.3 Å². The molecule has 1 unspecified atom stereocenters. The van der Waals surface area contributed by atoms with E-state index in [4.69, 9.17) is 0 Å². The maximum atomic E-state index is 12.7. The first kappa shape index (κ1) is 15.5. The zero-order chi connectivity index (χ0) is 14.8. The largest absolute Gasteiger partial charge is 0.243 e. The SMILES string of the molecule is CCCN(C1CCS(=O)(=O)C1)S(=O)(=O)c1ccccc1. The molecule has 1 atom stereocenters. The first-order valence-corrected chi connectivity index (χ1v) is 9.90. The van der Waals surface area contributed by atoms with Crippen LogP contribution in [0.5, 0.6) is 0 Å². The van der Waals surface area contributed by atoms with E-state index >= 15 is 0 Å². The lowest BCUT2D eigenvalue weighted by atomic mass is 10.2. The summed E-state index contributed by atoms with van der Waals surface area (Å²) in [6.45, 7) is 2.23. The summed E-state index contributed by atoms with van der Waals surface area (Å²) >= 11 is 0. The van der Waals surface area contributed by atoms with Crippen LogP contribution in [0.25, 0.3) is 0 Å². The van der Waals surface area contributed by atoms with E-state index < -0.39 is 25.9 Å². The van der Waals surface area contributed by atoms with E-state index in [1.54, 1.807) is 30.3 Å². The standard InChI is InChI=1S/C13H19NO4S2/c1-2-9-14(12-8-10-19(15,16)11-12)20(17,18)13-6-4-3-5-7-13/h3-7,12H,2,8-11H2,1H3. The molecular weight excluding hydrogens is 298 g/mol. The van der Waals surface area contributed by atoms with Crippen LogP contribution >= 0.6 is 0 Å². The van der Waals surface area contributed by atoms with E-state index in [1.807, 2.05) is 6.92 Å². The summed E-state index contributed by atoms with van der Waals surface area (Å²) in [6, 6.07) is 7.74. The van der Waals surface area contributed by atoms with E-state index in [-0.39, 0.29) is 16.4 Å². The number of sulfonamides is 1. The maximum Gasteiger partial charge on any atom is 0.243 e. The Kier molecular flexibility index (Phi) is 4.51. The van der Waals surface area contributed by atoms with Crippen molar-refractivity contribution in [2.75, 3.05) is 18.1 Å². The van der Waals surface area contributed by atoms with Gasteiger partial charge in [-0.05, 0) is 25.0 Å². The molecule has 0 amide bonds. The van der Waals surface area contributed by atoms with Crippen molar-refractivity contribution >= 4 is 19.9 Å². The van der Waals surface area contributed by atoms with Gasteiger partial charge in [-0.15, -0.1) is 0 Å². The van der Waals surface area contributed by atoms with Gasteiger partial charge in [0.05, 0.1) is 16.4 Å². The molecule has 1 fully saturated rings. The van der Waals surface area contributed by atoms with Crippen LogP contribution in [0.15, 0.2) is 35.2 Å². The second kappa shape index (κ2) is 5.83. The van der Waals surface area contributed by atoms with Crippen molar-refractivity contribution < 1.29 is 16.8 Å². The van der Waals surface area contributed by atoms with Gasteiger partial charge in [0.25, 0.3) is 0 Å². The quantitative estimate of drug-likeness (QED) is 0.820. The number of sulfone groups is 1. The van der Waals surface area contributed by atoms with E-state index in [2.05, 4.69) is 0 Å². The molecule has 2 rings (SSSR count). The van der Waals surface area contributed by atoms with E-state index in [9.17, 15) is 16.8 Å². The maximum absolute atomic E-state index is 12.7. The third-order valence-electron chi connectivity index (χ3n) is 3.41. The molecule has 1 aliphatic rings. The molecule has 0 aliphatic carbocycles. The van der Waals surface area contributed by atoms with Crippen LogP contribution in [-0.4, -0.2) is 45.2 Å². The molecule has 20 heavy (non-hydrogen) atoms. The minimum atomic E-state index is -3.63. The van der Waals surface area contributed by atoms with Crippen molar-refractivity contribution in [3.8, 4) is 0 Å². The van der Waals surface area contributed by atoms with Gasteiger partial charge in [0.1, 0.15) is 0 Å². The Hall–Kier alpha value is -0.920. The van der Waals surface area contributed by atoms with Crippen LogP contribution in [0.1, 0.15) is 19.8 Å². The lowest BCUT2D eigenvalue weighted by Crippen LogP contribution is -2.41. The second-order valence-electron chi connectivity index (χ2n) is 4.99. The molecule has 1 aromatic carbocycles. The van der Waals surface area contributed by atoms with Crippen molar-refractivity contribution in [2.45, 2.75) is 30.7 Å². The first-order chi connectivity index (χ1) is 9.37. The zero-order valence-corrected chi connectivity index (χ0v) is 13.0. The van der Waals surface area contributed by atoms with Crippen LogP contribution in [0.3, 0.4) is 0 Å². The second-order valence-corrected chi connectivity index (χ2v) is 9.10. The predicted octanol–water partition coefficient (Wildman–Crippen LogP) is 1.27. The molecular formula is C13H19NO4S2. The van der Waals surface area contributed by atoms with Crippen LogP contribution in [0, 0.1) is 0 Å². The molecule has 1 aromatic rings. The molecule has 5 nitrogen and oxygen atoms in total. The van der Waals surface area contributed by atoms with Crippen molar-refractivity contribution in [1.82, 2.24) is 4.31 Å². The summed E-state index contributed by atoms with van der Waals surface area (Å²) < 4.78 is 49.8. The monoisotopic (exact) mass is 317 g/mol. The average Bonchev–Trinajstić information content (AvgIpc) is 2.77. The van der Waals surface area contributed by atoms with Gasteiger partial charge in [-0.2, -0.15) is 4.31 Å². The molecule has 112 valence electrons. The number of hydrogen-bond acceptors (Lipinski definition) is 4. The fourth-order valence-corrected chi connectivity index (χ4v) is 6.04. The summed E-state index contributed by atoms with van der Waals surface area (Å²) in [6.07, 6.45) is 1.04. The highest BCUT2D eigenvalue weighted by atomic mass is 32.2. The highest BCUT2D eigenvalue weighted by molar-refractivity contribution is 7.92. The van der Waals surface area contributed by atoms with Crippen molar-refractivity contribution in [3.63, 3.8) is 0 Å². The van der Waals surface area contributed by atoms with Crippen molar-refractivity contribution in [2.24, 2.45) is 0 Å². The fourth-order valence-electron chi connectivity index (χ4n) is 2.45. The summed E-state index contributed by atoms with van der Waals surface area (Å²) in [4.78, 5) is 0.220. The fraction of sp³-hybridized carbons (Fsp3) is 0.538. The lowest BCUT2D eigenvalue weighted by molar-refractivity contribution is 0.340. The number of nitrogens with zero attached hydrogens (tertiary/aromatic N) is 1. The first-order valence-electron chi connectivity index (χ1n) is 6.64. The van der Waals surface area contributed by atoms with Crippen LogP contribution in [-0.2, 0) is 19.9 Å². The summed E-state index contributed by atoms with van der Waals surface area (Å²) in [5, 5.41) is 0. The Balaban J connectivity index is 2.34. The van der Waals surface area contributed by atoms with Gasteiger partial charge >= 0.3 is 0 Å². The van der Waals surface area contributed by atoms with E-state index in [0.717, 1.165) is 0 Å². The topological polar surface area (TPSA) is 71.5 Å². The van der Waals surface area contributed by atoms with Gasteiger partial charge in [0.15, 0.2) is 9.84 Å². The van der Waals surface area contributed by atoms with Crippen LogP contribution in [0.4, 0.5) is 0 Å². The van der Waals surface area contributed by atoms with Crippen LogP contribution < -0.4 is 0 Å². The Morgan fingerprint density at radius 1 is 1.25 bits per heavy atom. The number of benzene rings is 1. The Morgan fingerprint density at radius 3 is 2.40 bits per heavy atom. The lowest BCUT2D eigenvalue weighted by Gasteiger charge is -2.26. The summed E-state index contributed by atoms with van der Waals surface area (Å²) in [7, 11) is -6.74. The van der Waals surface area contributed by atoms with Gasteiger partial charge in [-0.1, -0.05) is 25.1 Å². The zero-order valence-electron chi connectivity index (χ0n) is 11.4. The summed E-state index contributed by atoms with van der Waals surface area (Å²) in [5.74, 6) is 0.00124. The normalized spacial score (nSPS) is 22.2. The molecule has 0 saturated carbocycles. The van der Waals surface area contributed by atoms with Gasteiger partial charge in [-0.3, -0.25) is 0 Å². The molecule has 7 heteroatoms. The third kappa shape index (κ3) is 3.21. The smallest absolute Gasteiger partial charge is 0.229 e. The molecule has 0 radical (unpaired) electrons. The Morgan fingerprint density at radius 2 is 1.90 bits per heavy atom. The highest BCUT2D eigenvalue weighted by Crippen LogP contribution is 2.25. The van der Waals surface area contributed by atoms with E-state index in [0.29, 0.717) is 19.4 Å². The summed E-state index contributed by atoms with van der Waals surface area (Å²) in [5.41, 5.74) is 0. The van der Waals surface area contributed by atoms with Gasteiger partial charge in [0.2, 0.25) is 10.0 Å². The van der Waals surface area contributed by atoms with Gasteiger partial charge in [-0.25, -0.2) is 16.8 Å². The molecule has 0 N–H and O–H groups in total. The molecule has 0 aromatic heterocycles. The Labute approximate surface area is 120 Å². The molecule has 0 spiro atoms. The third-order valence-corrected chi connectivity index (χ3v) is 7.13. The van der Waals surface area contributed by atoms with Crippen molar-refractivity contribution in [1.29, 1.82) is 0 Å². The average molecular weight is 317 g/mol. The molecule has 1 saturated heterocycles. The van der Waals surface area contributed by atoms with Crippen LogP contribution in [0.2, 0.25) is 0 Å². The van der Waals surface area contributed by atoms with Gasteiger partial charge in [0, 0.05) is 12.6 Å². The number of hydrogen-bond donors (Lipinski definition) is 0. The predicted molar refractivity (Wildman–Crippen MR) is 77.7 cm³/mol. The van der Waals surface area contributed by atoms with Gasteiger partial charge < -0.3 is 0 Å². The highest BCUT2D eigenvalue weighted by Gasteiger charge is 2.38. The Bertz CT molecular complexity index is 653. The minimum absolute atomic E-state index is 0.0704. The van der Waals surface area contributed by atoms with E-state index in [1.165, 1.54) is 4.31 Å².